The van der Waals surface area contributed by atoms with Crippen LogP contribution in [0.1, 0.15) is 52.4 Å². The molecule has 33 heavy (non-hydrogen) atoms. The number of nitrogens with one attached hydrogen (secondary N) is 1. The van der Waals surface area contributed by atoms with Crippen molar-refractivity contribution in [3.63, 3.8) is 0 Å². The fraction of sp³-hybridized carbons (Fsp3) is 0.560. The van der Waals surface area contributed by atoms with Crippen LogP contribution in [0.15, 0.2) is 24.3 Å². The zero-order valence-corrected chi connectivity index (χ0v) is 20.2. The highest BCUT2D eigenvalue weighted by Gasteiger charge is 2.33. The van der Waals surface area contributed by atoms with Crippen LogP contribution in [0.5, 0.6) is 0 Å². The molecule has 1 saturated heterocycles. The number of rotatable bonds is 8. The Labute approximate surface area is 198 Å². The zero-order valence-electron chi connectivity index (χ0n) is 19.4. The van der Waals surface area contributed by atoms with Crippen molar-refractivity contribution in [2.45, 2.75) is 52.4 Å². The van der Waals surface area contributed by atoms with Crippen LogP contribution in [-0.4, -0.2) is 43.0 Å². The lowest BCUT2D eigenvalue weighted by Crippen LogP contribution is -2.36. The average molecular weight is 474 g/mol. The van der Waals surface area contributed by atoms with E-state index in [0.29, 0.717) is 36.4 Å². The van der Waals surface area contributed by atoms with Gasteiger partial charge in [0.05, 0.1) is 18.6 Å². The highest BCUT2D eigenvalue weighted by Crippen LogP contribution is 2.40. The predicted molar refractivity (Wildman–Crippen MR) is 129 cm³/mol. The molecule has 2 aromatic rings. The van der Waals surface area contributed by atoms with E-state index in [0.717, 1.165) is 36.5 Å². The van der Waals surface area contributed by atoms with Crippen LogP contribution in [0.25, 0.3) is 11.3 Å². The maximum Gasteiger partial charge on any atom is 0.232 e. The number of halogens is 1. The molecule has 0 atom stereocenters. The van der Waals surface area contributed by atoms with Gasteiger partial charge in [0.15, 0.2) is 5.13 Å². The Balaban J connectivity index is 1.49. The molecule has 2 aliphatic rings. The van der Waals surface area contributed by atoms with Crippen LogP contribution in [0.2, 0.25) is 0 Å². The normalized spacial score (nSPS) is 17.4. The van der Waals surface area contributed by atoms with Gasteiger partial charge in [0.1, 0.15) is 22.3 Å². The first-order valence-electron chi connectivity index (χ1n) is 11.7. The first-order valence-corrected chi connectivity index (χ1v) is 12.6. The third-order valence-corrected chi connectivity index (χ3v) is 7.52. The lowest BCUT2D eigenvalue weighted by atomic mass is 9.84. The molecule has 0 spiro atoms. The minimum Gasteiger partial charge on any atom is -0.378 e. The van der Waals surface area contributed by atoms with Crippen molar-refractivity contribution in [1.29, 1.82) is 0 Å². The highest BCUT2D eigenvalue weighted by molar-refractivity contribution is 7.20. The first kappa shape index (κ1) is 23.8. The quantitative estimate of drug-likeness (QED) is 0.564. The summed E-state index contributed by atoms with van der Waals surface area (Å²) in [5.41, 5.74) is 0.684. The number of morpholine rings is 1. The summed E-state index contributed by atoms with van der Waals surface area (Å²) in [4.78, 5) is 32.6. The van der Waals surface area contributed by atoms with Gasteiger partial charge >= 0.3 is 0 Å². The average Bonchev–Trinajstić information content (AvgIpc) is 3.44. The summed E-state index contributed by atoms with van der Waals surface area (Å²) in [7, 11) is 0. The van der Waals surface area contributed by atoms with Crippen molar-refractivity contribution in [3.05, 3.63) is 30.1 Å². The number of anilines is 2. The number of carbonyl (C=O) groups excluding carboxylic acids is 2. The summed E-state index contributed by atoms with van der Waals surface area (Å²) >= 11 is 1.40. The first-order chi connectivity index (χ1) is 15.8. The summed E-state index contributed by atoms with van der Waals surface area (Å²) in [5.74, 6) is 0.113. The van der Waals surface area contributed by atoms with E-state index in [1.54, 1.807) is 12.1 Å². The van der Waals surface area contributed by atoms with Crippen LogP contribution in [0.4, 0.5) is 14.5 Å². The number of aromatic nitrogens is 1. The van der Waals surface area contributed by atoms with Crippen LogP contribution < -0.4 is 10.2 Å². The maximum atomic E-state index is 13.5. The molecule has 8 heteroatoms. The van der Waals surface area contributed by atoms with Crippen molar-refractivity contribution < 1.29 is 18.7 Å². The molecule has 1 aliphatic heterocycles. The lowest BCUT2D eigenvalue weighted by molar-refractivity contribution is -0.130. The second kappa shape index (κ2) is 10.3. The number of thiazole rings is 1. The Bertz CT molecular complexity index is 977. The van der Waals surface area contributed by atoms with Gasteiger partial charge in [-0.3, -0.25) is 9.59 Å². The molecule has 0 bridgehead atoms. The SMILES string of the molecule is CC(C)(CC(=O)CC1CCCC1)C(=O)Nc1nc(-c2ccc(F)cc2)c(N2CCOCC2)s1. The zero-order chi connectivity index (χ0) is 23.4. The van der Waals surface area contributed by atoms with Crippen LogP contribution >= 0.6 is 11.3 Å². The Morgan fingerprint density at radius 1 is 1.18 bits per heavy atom. The van der Waals surface area contributed by atoms with E-state index in [4.69, 9.17) is 9.72 Å². The third kappa shape index (κ3) is 5.98. The second-order valence-electron chi connectivity index (χ2n) is 9.69. The number of hydrogen-bond donors (Lipinski definition) is 1. The molecular weight excluding hydrogens is 441 g/mol. The molecule has 0 radical (unpaired) electrons. The lowest BCUT2D eigenvalue weighted by Gasteiger charge is -2.28. The number of carbonyl (C=O) groups is 2. The minimum atomic E-state index is -0.823. The molecule has 6 nitrogen and oxygen atoms in total. The fourth-order valence-corrected chi connectivity index (χ4v) is 5.63. The number of benzene rings is 1. The molecule has 1 amide bonds. The predicted octanol–water partition coefficient (Wildman–Crippen LogP) is 5.29. The topological polar surface area (TPSA) is 71.5 Å². The molecular formula is C25H32FN3O3S. The van der Waals surface area contributed by atoms with Gasteiger partial charge in [-0.15, -0.1) is 0 Å². The number of Topliss-reactive ketones (excluding diaryl/α,β-unsaturated/α-hetero) is 1. The summed E-state index contributed by atoms with van der Waals surface area (Å²) in [5, 5.41) is 4.36. The van der Waals surface area contributed by atoms with Crippen molar-refractivity contribution in [2.24, 2.45) is 11.3 Å². The molecule has 1 aromatic carbocycles. The minimum absolute atomic E-state index is 0.155. The molecule has 4 rings (SSSR count). The van der Waals surface area contributed by atoms with Gasteiger partial charge in [0, 0.05) is 31.5 Å². The maximum absolute atomic E-state index is 13.5. The van der Waals surface area contributed by atoms with Crippen LogP contribution in [-0.2, 0) is 14.3 Å². The fourth-order valence-electron chi connectivity index (χ4n) is 4.59. The number of nitrogens with zero attached hydrogens (tertiary/aromatic N) is 2. The van der Waals surface area contributed by atoms with Crippen molar-refractivity contribution in [1.82, 2.24) is 4.98 Å². The third-order valence-electron chi connectivity index (χ3n) is 6.49. The molecule has 1 saturated carbocycles. The molecule has 0 unspecified atom stereocenters. The van der Waals surface area contributed by atoms with E-state index in [1.165, 1.54) is 36.3 Å². The van der Waals surface area contributed by atoms with Gasteiger partial charge in [-0.2, -0.15) is 0 Å². The van der Waals surface area contributed by atoms with E-state index in [-0.39, 0.29) is 23.9 Å². The Hall–Kier alpha value is -2.32. The molecule has 1 aliphatic carbocycles. The van der Waals surface area contributed by atoms with E-state index < -0.39 is 5.41 Å². The Kier molecular flexibility index (Phi) is 7.44. The van der Waals surface area contributed by atoms with Gasteiger partial charge in [0.25, 0.3) is 0 Å². The summed E-state index contributed by atoms with van der Waals surface area (Å²) < 4.78 is 18.9. The number of amides is 1. The molecule has 2 fully saturated rings. The molecule has 1 N–H and O–H groups in total. The van der Waals surface area contributed by atoms with Crippen LogP contribution in [0, 0.1) is 17.2 Å². The summed E-state index contributed by atoms with van der Waals surface area (Å²) in [6, 6.07) is 6.22. The standard InChI is InChI=1S/C25H32FN3O3S/c1-25(2,16-20(30)15-17-5-3-4-6-17)23(31)28-24-27-21(18-7-9-19(26)10-8-18)22(33-24)29-11-13-32-14-12-29/h7-10,17H,3-6,11-16H2,1-2H3,(H,27,28,31). The number of ether oxygens (including phenoxy) is 1. The largest absolute Gasteiger partial charge is 0.378 e. The van der Waals surface area contributed by atoms with Crippen LogP contribution in [0.3, 0.4) is 0 Å². The van der Waals surface area contributed by atoms with E-state index in [2.05, 4.69) is 10.2 Å². The van der Waals surface area contributed by atoms with Gasteiger partial charge in [-0.1, -0.05) is 50.9 Å². The molecule has 2 heterocycles. The summed E-state index contributed by atoms with van der Waals surface area (Å²) in [6.07, 6.45) is 5.44. The summed E-state index contributed by atoms with van der Waals surface area (Å²) in [6.45, 7) is 6.32. The van der Waals surface area contributed by atoms with Gasteiger partial charge < -0.3 is 15.0 Å². The molecule has 1 aromatic heterocycles. The van der Waals surface area contributed by atoms with Crippen molar-refractivity contribution in [3.8, 4) is 11.3 Å². The van der Waals surface area contributed by atoms with E-state index in [1.807, 2.05) is 13.8 Å². The second-order valence-corrected chi connectivity index (χ2v) is 10.7. The molecule has 178 valence electrons. The van der Waals surface area contributed by atoms with Gasteiger partial charge in [-0.05, 0) is 30.2 Å². The van der Waals surface area contributed by atoms with E-state index in [9.17, 15) is 14.0 Å². The van der Waals surface area contributed by atoms with Gasteiger partial charge in [-0.25, -0.2) is 9.37 Å². The smallest absolute Gasteiger partial charge is 0.232 e. The van der Waals surface area contributed by atoms with Crippen molar-refractivity contribution >= 4 is 33.2 Å². The highest BCUT2D eigenvalue weighted by atomic mass is 32.1. The number of ketones is 1. The Morgan fingerprint density at radius 2 is 1.85 bits per heavy atom. The van der Waals surface area contributed by atoms with Crippen molar-refractivity contribution in [2.75, 3.05) is 36.5 Å². The monoisotopic (exact) mass is 473 g/mol. The number of hydrogen-bond acceptors (Lipinski definition) is 6. The Morgan fingerprint density at radius 3 is 2.52 bits per heavy atom. The van der Waals surface area contributed by atoms with E-state index >= 15 is 0 Å². The van der Waals surface area contributed by atoms with Gasteiger partial charge in [0.2, 0.25) is 5.91 Å².